The van der Waals surface area contributed by atoms with Gasteiger partial charge in [-0.05, 0) is 47.1 Å². The number of pyridine rings is 1. The summed E-state index contributed by atoms with van der Waals surface area (Å²) in [7, 11) is 1.49. The summed E-state index contributed by atoms with van der Waals surface area (Å²) in [5.41, 5.74) is 0.916. The van der Waals surface area contributed by atoms with E-state index in [0.717, 1.165) is 21.1 Å². The van der Waals surface area contributed by atoms with Gasteiger partial charge in [-0.3, -0.25) is 4.98 Å². The van der Waals surface area contributed by atoms with Crippen LogP contribution in [0.3, 0.4) is 0 Å². The van der Waals surface area contributed by atoms with Crippen LogP contribution in [0.5, 0.6) is 5.75 Å². The molecule has 0 amide bonds. The second-order valence-corrected chi connectivity index (χ2v) is 5.84. The van der Waals surface area contributed by atoms with Crippen LogP contribution < -0.4 is 10.1 Å². The molecule has 1 atom stereocenters. The molecule has 1 N–H and O–H groups in total. The normalized spacial score (nSPS) is 12.3. The minimum Gasteiger partial charge on any atom is -0.484 e. The molecule has 1 heterocycles. The van der Waals surface area contributed by atoms with Crippen LogP contribution in [-0.2, 0) is 4.84 Å². The molecule has 22 heavy (non-hydrogen) atoms. The zero-order valence-electron chi connectivity index (χ0n) is 12.2. The number of rotatable bonds is 6. The average Bonchev–Trinajstić information content (AvgIpc) is 2.51. The van der Waals surface area contributed by atoms with Gasteiger partial charge >= 0.3 is 0 Å². The fourth-order valence-electron chi connectivity index (χ4n) is 1.82. The summed E-state index contributed by atoms with van der Waals surface area (Å²) in [6.07, 6.45) is 3.12. The smallest absolute Gasteiger partial charge is 0.146 e. The minimum absolute atomic E-state index is 0.247. The van der Waals surface area contributed by atoms with E-state index < -0.39 is 0 Å². The minimum atomic E-state index is -0.247. The molecular weight excluding hydrogens is 366 g/mol. The van der Waals surface area contributed by atoms with Crippen LogP contribution in [0.25, 0.3) is 10.9 Å². The third-order valence-electron chi connectivity index (χ3n) is 2.85. The Hall–Kier alpha value is -1.73. The number of ether oxygens (including phenoxy) is 1. The zero-order chi connectivity index (χ0) is 15.9. The molecule has 0 radical (unpaired) electrons. The predicted molar refractivity (Wildman–Crippen MR) is 95.6 cm³/mol. The molecule has 0 saturated heterocycles. The number of benzene rings is 1. The lowest BCUT2D eigenvalue weighted by molar-refractivity contribution is 0.215. The van der Waals surface area contributed by atoms with Crippen molar-refractivity contribution in [2.75, 3.05) is 13.7 Å². The lowest BCUT2D eigenvalue weighted by Gasteiger charge is -2.16. The van der Waals surface area contributed by atoms with Gasteiger partial charge in [-0.25, -0.2) is 0 Å². The molecule has 0 aliphatic heterocycles. The molecular formula is C15H16BrN3O2S. The van der Waals surface area contributed by atoms with Crippen LogP contribution in [-0.4, -0.2) is 35.9 Å². The predicted octanol–water partition coefficient (Wildman–Crippen LogP) is 3.31. The summed E-state index contributed by atoms with van der Waals surface area (Å²) in [6, 6.07) is 7.75. The number of halogens is 1. The summed E-state index contributed by atoms with van der Waals surface area (Å²) in [6.45, 7) is 2.39. The van der Waals surface area contributed by atoms with Gasteiger partial charge in [0.05, 0.1) is 18.3 Å². The maximum atomic E-state index is 5.86. The van der Waals surface area contributed by atoms with Gasteiger partial charge in [0, 0.05) is 16.1 Å². The monoisotopic (exact) mass is 381 g/mol. The second-order valence-electron chi connectivity index (χ2n) is 4.48. The van der Waals surface area contributed by atoms with Gasteiger partial charge in [0.25, 0.3) is 0 Å². The maximum Gasteiger partial charge on any atom is 0.146 e. The van der Waals surface area contributed by atoms with E-state index in [0.29, 0.717) is 11.5 Å². The van der Waals surface area contributed by atoms with Crippen molar-refractivity contribution in [1.29, 1.82) is 0 Å². The van der Waals surface area contributed by atoms with Crippen molar-refractivity contribution in [2.45, 2.75) is 13.0 Å². The highest BCUT2D eigenvalue weighted by atomic mass is 79.9. The highest BCUT2D eigenvalue weighted by Gasteiger charge is 2.10. The molecule has 0 spiro atoms. The van der Waals surface area contributed by atoms with Crippen LogP contribution in [0.15, 0.2) is 40.1 Å². The van der Waals surface area contributed by atoms with Crippen molar-refractivity contribution < 1.29 is 9.57 Å². The van der Waals surface area contributed by atoms with E-state index in [9.17, 15) is 0 Å². The molecule has 7 heteroatoms. The topological polar surface area (TPSA) is 55.7 Å². The van der Waals surface area contributed by atoms with Crippen LogP contribution in [0.4, 0.5) is 0 Å². The van der Waals surface area contributed by atoms with E-state index in [4.69, 9.17) is 17.0 Å². The first-order valence-electron chi connectivity index (χ1n) is 6.65. The number of hydrogen-bond donors (Lipinski definition) is 1. The summed E-state index contributed by atoms with van der Waals surface area (Å²) in [5, 5.41) is 7.68. The fraction of sp³-hybridized carbons (Fsp3) is 0.267. The van der Waals surface area contributed by atoms with Crippen molar-refractivity contribution >= 4 is 50.3 Å². The van der Waals surface area contributed by atoms with Gasteiger partial charge in [-0.2, -0.15) is 0 Å². The first-order chi connectivity index (χ1) is 10.6. The molecule has 2 aromatic rings. The molecule has 0 saturated carbocycles. The molecule has 0 aliphatic carbocycles. The van der Waals surface area contributed by atoms with E-state index in [1.165, 1.54) is 7.11 Å². The summed E-state index contributed by atoms with van der Waals surface area (Å²) >= 11 is 8.70. The van der Waals surface area contributed by atoms with E-state index in [-0.39, 0.29) is 6.10 Å². The number of fused-ring (bicyclic) bond motifs is 1. The molecule has 1 unspecified atom stereocenters. The first kappa shape index (κ1) is 16.6. The molecule has 0 aliphatic rings. The Kier molecular flexibility index (Phi) is 6.09. The molecule has 1 aromatic carbocycles. The van der Waals surface area contributed by atoms with Gasteiger partial charge in [0.2, 0.25) is 0 Å². The number of hydrogen-bond acceptors (Lipinski definition) is 5. The number of oxime groups is 1. The lowest BCUT2D eigenvalue weighted by atomic mass is 10.2. The zero-order valence-corrected chi connectivity index (χ0v) is 14.6. The largest absolute Gasteiger partial charge is 0.484 e. The van der Waals surface area contributed by atoms with Crippen LogP contribution in [0.2, 0.25) is 0 Å². The van der Waals surface area contributed by atoms with Crippen molar-refractivity contribution in [3.05, 3.63) is 34.9 Å². The van der Waals surface area contributed by atoms with Crippen LogP contribution in [0.1, 0.15) is 6.92 Å². The summed E-state index contributed by atoms with van der Waals surface area (Å²) in [4.78, 5) is 9.51. The Labute approximate surface area is 142 Å². The van der Waals surface area contributed by atoms with Crippen molar-refractivity contribution in [3.63, 3.8) is 0 Å². The van der Waals surface area contributed by atoms with E-state index in [2.05, 4.69) is 36.2 Å². The van der Waals surface area contributed by atoms with E-state index >= 15 is 0 Å². The summed E-state index contributed by atoms with van der Waals surface area (Å²) < 4.78 is 6.79. The molecule has 0 fully saturated rings. The molecule has 2 rings (SSSR count). The van der Waals surface area contributed by atoms with E-state index in [1.54, 1.807) is 12.4 Å². The number of nitrogens with zero attached hydrogens (tertiary/aromatic N) is 2. The number of aromatic nitrogens is 1. The fourth-order valence-corrected chi connectivity index (χ4v) is 2.30. The third kappa shape index (κ3) is 4.64. The Balaban J connectivity index is 2.00. The Bertz CT molecular complexity index is 694. The van der Waals surface area contributed by atoms with Gasteiger partial charge < -0.3 is 14.9 Å². The van der Waals surface area contributed by atoms with Crippen molar-refractivity contribution in [2.24, 2.45) is 5.16 Å². The first-order valence-corrected chi connectivity index (χ1v) is 7.85. The van der Waals surface area contributed by atoms with Gasteiger partial charge in [-0.15, -0.1) is 0 Å². The van der Waals surface area contributed by atoms with Gasteiger partial charge in [-0.1, -0.05) is 17.4 Å². The third-order valence-corrected chi connectivity index (χ3v) is 3.76. The maximum absolute atomic E-state index is 5.86. The quantitative estimate of drug-likeness (QED) is 0.472. The second kappa shape index (κ2) is 8.05. The van der Waals surface area contributed by atoms with Gasteiger partial charge in [0.15, 0.2) is 0 Å². The van der Waals surface area contributed by atoms with Crippen molar-refractivity contribution in [1.82, 2.24) is 10.3 Å². The number of thiocarbonyl (C=S) groups is 1. The Morgan fingerprint density at radius 1 is 1.50 bits per heavy atom. The molecule has 5 nitrogen and oxygen atoms in total. The highest BCUT2D eigenvalue weighted by Crippen LogP contribution is 2.23. The van der Waals surface area contributed by atoms with Crippen LogP contribution >= 0.6 is 28.1 Å². The summed E-state index contributed by atoms with van der Waals surface area (Å²) in [5.74, 6) is 0.745. The molecule has 116 valence electrons. The SMILES string of the molecule is CON=CCNC(=S)C(C)Oc1ccc2ncc(Br)cc2c1. The molecule has 0 bridgehead atoms. The van der Waals surface area contributed by atoms with Crippen LogP contribution in [0, 0.1) is 0 Å². The van der Waals surface area contributed by atoms with E-state index in [1.807, 2.05) is 31.2 Å². The standard InChI is InChI=1S/C15H16BrN3O2S/c1-10(15(22)17-5-6-19-20-2)21-13-3-4-14-11(8-13)7-12(16)9-18-14/h3-4,6-10H,5H2,1-2H3,(H,17,22). The Morgan fingerprint density at radius 3 is 3.09 bits per heavy atom. The highest BCUT2D eigenvalue weighted by molar-refractivity contribution is 9.10. The van der Waals surface area contributed by atoms with Crippen molar-refractivity contribution in [3.8, 4) is 5.75 Å². The Morgan fingerprint density at radius 2 is 2.32 bits per heavy atom. The lowest BCUT2D eigenvalue weighted by Crippen LogP contribution is -2.35. The number of nitrogens with one attached hydrogen (secondary N) is 1. The molecule has 1 aromatic heterocycles. The average molecular weight is 382 g/mol. The van der Waals surface area contributed by atoms with Gasteiger partial charge in [0.1, 0.15) is 24.0 Å².